The van der Waals surface area contributed by atoms with Crippen molar-refractivity contribution in [1.82, 2.24) is 5.32 Å². The Morgan fingerprint density at radius 3 is 2.59 bits per heavy atom. The van der Waals surface area contributed by atoms with Crippen molar-refractivity contribution < 1.29 is 24.2 Å². The first kappa shape index (κ1) is 18.0. The highest BCUT2D eigenvalue weighted by molar-refractivity contribution is 9.10. The fourth-order valence-electron chi connectivity index (χ4n) is 1.83. The van der Waals surface area contributed by atoms with Gasteiger partial charge in [-0.25, -0.2) is 4.79 Å². The number of aliphatic carboxylic acids is 1. The number of methoxy groups -OCH3 is 2. The number of hydrogen-bond donors (Lipinski definition) is 2. The molecule has 0 aromatic heterocycles. The molecule has 1 unspecified atom stereocenters. The molecular formula is C15H18BrNO5. The Morgan fingerprint density at radius 1 is 1.41 bits per heavy atom. The Balaban J connectivity index is 2.99. The number of nitrogens with one attached hydrogen (secondary N) is 1. The molecule has 0 bridgehead atoms. The molecule has 0 heterocycles. The molecule has 22 heavy (non-hydrogen) atoms. The van der Waals surface area contributed by atoms with Crippen LogP contribution in [0, 0.1) is 0 Å². The van der Waals surface area contributed by atoms with E-state index in [9.17, 15) is 9.59 Å². The molecule has 0 aliphatic heterocycles. The number of carbonyl (C=O) groups is 2. The van der Waals surface area contributed by atoms with Gasteiger partial charge >= 0.3 is 5.97 Å². The van der Waals surface area contributed by atoms with Gasteiger partial charge in [-0.1, -0.05) is 6.08 Å². The van der Waals surface area contributed by atoms with E-state index in [2.05, 4.69) is 27.8 Å². The van der Waals surface area contributed by atoms with E-state index < -0.39 is 17.9 Å². The van der Waals surface area contributed by atoms with Gasteiger partial charge in [0.25, 0.3) is 5.91 Å². The molecule has 2 N–H and O–H groups in total. The van der Waals surface area contributed by atoms with Gasteiger partial charge in [-0.05, 0) is 40.9 Å². The highest BCUT2D eigenvalue weighted by Gasteiger charge is 2.21. The zero-order valence-electron chi connectivity index (χ0n) is 12.4. The zero-order valence-corrected chi connectivity index (χ0v) is 14.0. The van der Waals surface area contributed by atoms with Gasteiger partial charge in [-0.2, -0.15) is 0 Å². The first-order chi connectivity index (χ1) is 10.4. The lowest BCUT2D eigenvalue weighted by Crippen LogP contribution is -2.40. The lowest BCUT2D eigenvalue weighted by Gasteiger charge is -2.15. The number of amides is 1. The van der Waals surface area contributed by atoms with Crippen molar-refractivity contribution in [2.45, 2.75) is 18.9 Å². The van der Waals surface area contributed by atoms with E-state index in [-0.39, 0.29) is 12.0 Å². The Bertz CT molecular complexity index is 573. The molecule has 1 rings (SSSR count). The normalized spacial score (nSPS) is 11.4. The Hall–Kier alpha value is -2.02. The van der Waals surface area contributed by atoms with E-state index in [1.807, 2.05) is 0 Å². The number of halogens is 1. The number of hydrogen-bond acceptors (Lipinski definition) is 4. The molecule has 6 nitrogen and oxygen atoms in total. The highest BCUT2D eigenvalue weighted by atomic mass is 79.9. The molecule has 1 aromatic carbocycles. The molecule has 1 amide bonds. The van der Waals surface area contributed by atoms with E-state index >= 15 is 0 Å². The standard InChI is InChI=1S/C15H18BrNO5/c1-4-5-6-11(15(19)20)17-14(18)9-7-10(16)13(22-3)12(8-9)21-2/h4,7-8,11H,1,5-6H2,2-3H3,(H,17,18)(H,19,20). The molecular weight excluding hydrogens is 354 g/mol. The summed E-state index contributed by atoms with van der Waals surface area (Å²) in [7, 11) is 2.94. The second-order valence-electron chi connectivity index (χ2n) is 4.42. The van der Waals surface area contributed by atoms with Crippen molar-refractivity contribution in [1.29, 1.82) is 0 Å². The summed E-state index contributed by atoms with van der Waals surface area (Å²) in [4.78, 5) is 23.4. The van der Waals surface area contributed by atoms with Gasteiger partial charge in [0, 0.05) is 5.56 Å². The smallest absolute Gasteiger partial charge is 0.326 e. The van der Waals surface area contributed by atoms with Crippen LogP contribution < -0.4 is 14.8 Å². The summed E-state index contributed by atoms with van der Waals surface area (Å²) in [6.45, 7) is 3.54. The van der Waals surface area contributed by atoms with Gasteiger partial charge in [0.1, 0.15) is 6.04 Å². The maximum Gasteiger partial charge on any atom is 0.326 e. The van der Waals surface area contributed by atoms with Gasteiger partial charge in [0.05, 0.1) is 18.7 Å². The van der Waals surface area contributed by atoms with Crippen LogP contribution in [-0.2, 0) is 4.79 Å². The predicted molar refractivity (Wildman–Crippen MR) is 85.6 cm³/mol. The Labute approximate surface area is 137 Å². The van der Waals surface area contributed by atoms with Crippen molar-refractivity contribution in [3.8, 4) is 11.5 Å². The van der Waals surface area contributed by atoms with E-state index in [4.69, 9.17) is 14.6 Å². The minimum atomic E-state index is -1.09. The average molecular weight is 372 g/mol. The van der Waals surface area contributed by atoms with Crippen LogP contribution in [0.5, 0.6) is 11.5 Å². The van der Waals surface area contributed by atoms with Gasteiger partial charge < -0.3 is 19.9 Å². The molecule has 1 atom stereocenters. The number of allylic oxidation sites excluding steroid dienone is 1. The minimum absolute atomic E-state index is 0.273. The van der Waals surface area contributed by atoms with Crippen LogP contribution in [0.15, 0.2) is 29.3 Å². The molecule has 1 aromatic rings. The number of ether oxygens (including phenoxy) is 2. The summed E-state index contributed by atoms with van der Waals surface area (Å²) in [6, 6.07) is 2.06. The SMILES string of the molecule is C=CCCC(NC(=O)c1cc(Br)c(OC)c(OC)c1)C(=O)O. The quantitative estimate of drug-likeness (QED) is 0.686. The fourth-order valence-corrected chi connectivity index (χ4v) is 2.44. The average Bonchev–Trinajstić information content (AvgIpc) is 2.49. The first-order valence-corrected chi connectivity index (χ1v) is 7.30. The summed E-state index contributed by atoms with van der Waals surface area (Å²) >= 11 is 3.29. The summed E-state index contributed by atoms with van der Waals surface area (Å²) in [6.07, 6.45) is 2.38. The topological polar surface area (TPSA) is 84.9 Å². The van der Waals surface area contributed by atoms with Crippen LogP contribution >= 0.6 is 15.9 Å². The molecule has 0 saturated carbocycles. The minimum Gasteiger partial charge on any atom is -0.493 e. The first-order valence-electron chi connectivity index (χ1n) is 6.50. The monoisotopic (exact) mass is 371 g/mol. The molecule has 120 valence electrons. The van der Waals surface area contributed by atoms with Crippen LogP contribution in [0.2, 0.25) is 0 Å². The third-order valence-corrected chi connectivity index (χ3v) is 3.55. The summed E-state index contributed by atoms with van der Waals surface area (Å²) in [5.41, 5.74) is 0.273. The molecule has 0 fully saturated rings. The second kappa shape index (κ2) is 8.43. The maximum absolute atomic E-state index is 12.2. The molecule has 7 heteroatoms. The van der Waals surface area contributed by atoms with E-state index in [0.29, 0.717) is 22.4 Å². The summed E-state index contributed by atoms with van der Waals surface area (Å²) in [5.74, 6) is -0.756. The Morgan fingerprint density at radius 2 is 2.09 bits per heavy atom. The number of carboxylic acid groups (broad SMARTS) is 1. The third kappa shape index (κ3) is 4.49. The van der Waals surface area contributed by atoms with Crippen LogP contribution in [0.1, 0.15) is 23.2 Å². The Kier molecular flexibility index (Phi) is 6.91. The van der Waals surface area contributed by atoms with Crippen molar-refractivity contribution in [2.24, 2.45) is 0 Å². The molecule has 0 aliphatic rings. The zero-order chi connectivity index (χ0) is 16.7. The van der Waals surface area contributed by atoms with Gasteiger partial charge in [0.15, 0.2) is 11.5 Å². The largest absolute Gasteiger partial charge is 0.493 e. The second-order valence-corrected chi connectivity index (χ2v) is 5.28. The van der Waals surface area contributed by atoms with Gasteiger partial charge in [-0.15, -0.1) is 6.58 Å². The fraction of sp³-hybridized carbons (Fsp3) is 0.333. The number of rotatable bonds is 8. The molecule has 0 spiro atoms. The predicted octanol–water partition coefficient (Wildman–Crippen LogP) is 2.62. The van der Waals surface area contributed by atoms with Crippen molar-refractivity contribution in [3.05, 3.63) is 34.8 Å². The lowest BCUT2D eigenvalue weighted by molar-refractivity contribution is -0.139. The van der Waals surface area contributed by atoms with Gasteiger partial charge in [-0.3, -0.25) is 4.79 Å². The van der Waals surface area contributed by atoms with Gasteiger partial charge in [0.2, 0.25) is 0 Å². The van der Waals surface area contributed by atoms with Crippen LogP contribution in [0.25, 0.3) is 0 Å². The van der Waals surface area contributed by atoms with Crippen LogP contribution in [-0.4, -0.2) is 37.2 Å². The highest BCUT2D eigenvalue weighted by Crippen LogP contribution is 2.36. The molecule has 0 saturated heterocycles. The van der Waals surface area contributed by atoms with Crippen LogP contribution in [0.4, 0.5) is 0 Å². The number of carboxylic acids is 1. The van der Waals surface area contributed by atoms with E-state index in [0.717, 1.165) is 0 Å². The molecule has 0 radical (unpaired) electrons. The number of carbonyl (C=O) groups excluding carboxylic acids is 1. The van der Waals surface area contributed by atoms with E-state index in [1.54, 1.807) is 12.1 Å². The number of benzene rings is 1. The van der Waals surface area contributed by atoms with Crippen molar-refractivity contribution >= 4 is 27.8 Å². The molecule has 0 aliphatic carbocycles. The van der Waals surface area contributed by atoms with E-state index in [1.165, 1.54) is 20.3 Å². The summed E-state index contributed by atoms with van der Waals surface area (Å²) in [5, 5.41) is 11.6. The van der Waals surface area contributed by atoms with Crippen molar-refractivity contribution in [3.63, 3.8) is 0 Å². The van der Waals surface area contributed by atoms with Crippen LogP contribution in [0.3, 0.4) is 0 Å². The van der Waals surface area contributed by atoms with Crippen molar-refractivity contribution in [2.75, 3.05) is 14.2 Å². The lowest BCUT2D eigenvalue weighted by atomic mass is 10.1. The summed E-state index contributed by atoms with van der Waals surface area (Å²) < 4.78 is 10.9. The maximum atomic E-state index is 12.2. The third-order valence-electron chi connectivity index (χ3n) is 2.96.